The number of benzene rings is 2. The highest BCUT2D eigenvalue weighted by atomic mass is 16.5. The molecule has 1 N–H and O–H groups in total. The fraction of sp³-hybridized carbons (Fsp3) is 0.350. The SMILES string of the molecule is CC(=O)NC1CCN(c2ccc(OCc3ccccc3)cc2)CC1. The van der Waals surface area contributed by atoms with Crippen LogP contribution >= 0.6 is 0 Å². The first-order valence-corrected chi connectivity index (χ1v) is 8.49. The summed E-state index contributed by atoms with van der Waals surface area (Å²) < 4.78 is 5.83. The topological polar surface area (TPSA) is 41.6 Å². The molecule has 0 bridgehead atoms. The number of piperidine rings is 1. The highest BCUT2D eigenvalue weighted by Gasteiger charge is 2.19. The number of amides is 1. The largest absolute Gasteiger partial charge is 0.489 e. The van der Waals surface area contributed by atoms with Crippen molar-refractivity contribution < 1.29 is 9.53 Å². The van der Waals surface area contributed by atoms with Gasteiger partial charge in [-0.2, -0.15) is 0 Å². The molecule has 0 saturated carbocycles. The van der Waals surface area contributed by atoms with Crippen molar-refractivity contribution in [3.8, 4) is 5.75 Å². The van der Waals surface area contributed by atoms with E-state index in [0.29, 0.717) is 12.6 Å². The fourth-order valence-electron chi connectivity index (χ4n) is 3.06. The molecule has 4 heteroatoms. The van der Waals surface area contributed by atoms with E-state index in [4.69, 9.17) is 4.74 Å². The number of rotatable bonds is 5. The summed E-state index contributed by atoms with van der Waals surface area (Å²) in [6.45, 7) is 4.10. The van der Waals surface area contributed by atoms with Crippen molar-refractivity contribution in [2.24, 2.45) is 0 Å². The second-order valence-electron chi connectivity index (χ2n) is 6.23. The first-order valence-electron chi connectivity index (χ1n) is 8.49. The van der Waals surface area contributed by atoms with Crippen molar-refractivity contribution in [1.29, 1.82) is 0 Å². The lowest BCUT2D eigenvalue weighted by molar-refractivity contribution is -0.119. The molecule has 1 amide bonds. The molecule has 2 aromatic rings. The van der Waals surface area contributed by atoms with Crippen LogP contribution in [0.3, 0.4) is 0 Å². The number of nitrogens with zero attached hydrogens (tertiary/aromatic N) is 1. The normalized spacial score (nSPS) is 15.1. The molecule has 1 aliphatic heterocycles. The van der Waals surface area contributed by atoms with Crippen LogP contribution in [0.5, 0.6) is 5.75 Å². The predicted octanol–water partition coefficient (Wildman–Crippen LogP) is 3.37. The van der Waals surface area contributed by atoms with Crippen molar-refractivity contribution >= 4 is 11.6 Å². The Morgan fingerprint density at radius 1 is 1.08 bits per heavy atom. The van der Waals surface area contributed by atoms with E-state index in [1.165, 1.54) is 11.3 Å². The van der Waals surface area contributed by atoms with Crippen LogP contribution in [-0.2, 0) is 11.4 Å². The predicted molar refractivity (Wildman–Crippen MR) is 96.3 cm³/mol. The average molecular weight is 324 g/mol. The first-order chi connectivity index (χ1) is 11.7. The number of carbonyl (C=O) groups is 1. The third-order valence-electron chi connectivity index (χ3n) is 4.35. The second kappa shape index (κ2) is 7.86. The summed E-state index contributed by atoms with van der Waals surface area (Å²) in [5.41, 5.74) is 2.38. The van der Waals surface area contributed by atoms with Gasteiger partial charge in [-0.3, -0.25) is 4.79 Å². The van der Waals surface area contributed by atoms with Crippen LogP contribution in [0.2, 0.25) is 0 Å². The monoisotopic (exact) mass is 324 g/mol. The van der Waals surface area contributed by atoms with Gasteiger partial charge in [0.15, 0.2) is 0 Å². The summed E-state index contributed by atoms with van der Waals surface area (Å²) in [6, 6.07) is 18.8. The van der Waals surface area contributed by atoms with Gasteiger partial charge in [-0.25, -0.2) is 0 Å². The summed E-state index contributed by atoms with van der Waals surface area (Å²) in [6.07, 6.45) is 1.98. The van der Waals surface area contributed by atoms with Crippen molar-refractivity contribution in [2.75, 3.05) is 18.0 Å². The molecule has 4 nitrogen and oxygen atoms in total. The molecular weight excluding hydrogens is 300 g/mol. The van der Waals surface area contributed by atoms with Crippen molar-refractivity contribution in [3.05, 3.63) is 60.2 Å². The minimum absolute atomic E-state index is 0.0633. The number of nitrogens with one attached hydrogen (secondary N) is 1. The van der Waals surface area contributed by atoms with Crippen molar-refractivity contribution in [2.45, 2.75) is 32.4 Å². The Morgan fingerprint density at radius 3 is 2.38 bits per heavy atom. The third kappa shape index (κ3) is 4.51. The van der Waals surface area contributed by atoms with Gasteiger partial charge in [0.2, 0.25) is 5.91 Å². The Morgan fingerprint density at radius 2 is 1.75 bits per heavy atom. The third-order valence-corrected chi connectivity index (χ3v) is 4.35. The van der Waals surface area contributed by atoms with Gasteiger partial charge in [-0.15, -0.1) is 0 Å². The Bertz CT molecular complexity index is 647. The van der Waals surface area contributed by atoms with Gasteiger partial charge in [0.1, 0.15) is 12.4 Å². The van der Waals surface area contributed by atoms with Gasteiger partial charge >= 0.3 is 0 Å². The van der Waals surface area contributed by atoms with E-state index in [9.17, 15) is 4.79 Å². The summed E-state index contributed by atoms with van der Waals surface area (Å²) >= 11 is 0. The zero-order valence-corrected chi connectivity index (χ0v) is 14.1. The van der Waals surface area contributed by atoms with Gasteiger partial charge in [-0.05, 0) is 42.7 Å². The van der Waals surface area contributed by atoms with Crippen molar-refractivity contribution in [1.82, 2.24) is 5.32 Å². The molecule has 0 unspecified atom stereocenters. The number of carbonyl (C=O) groups excluding carboxylic acids is 1. The molecule has 1 fully saturated rings. The first kappa shape index (κ1) is 16.4. The molecule has 1 aliphatic rings. The quantitative estimate of drug-likeness (QED) is 0.917. The van der Waals surface area contributed by atoms with Crippen LogP contribution in [0.1, 0.15) is 25.3 Å². The Kier molecular flexibility index (Phi) is 5.36. The highest BCUT2D eigenvalue weighted by Crippen LogP contribution is 2.23. The summed E-state index contributed by atoms with van der Waals surface area (Å²) in [7, 11) is 0. The minimum atomic E-state index is 0.0633. The maximum absolute atomic E-state index is 11.1. The summed E-state index contributed by atoms with van der Waals surface area (Å²) in [5.74, 6) is 0.948. The lowest BCUT2D eigenvalue weighted by atomic mass is 10.0. The van der Waals surface area contributed by atoms with E-state index >= 15 is 0 Å². The molecule has 1 heterocycles. The van der Waals surface area contributed by atoms with E-state index in [2.05, 4.69) is 34.5 Å². The van der Waals surface area contributed by atoms with Gasteiger partial charge in [0, 0.05) is 31.7 Å². The van der Waals surface area contributed by atoms with E-state index in [0.717, 1.165) is 31.7 Å². The zero-order chi connectivity index (χ0) is 16.8. The Labute approximate surface area is 143 Å². The molecule has 24 heavy (non-hydrogen) atoms. The summed E-state index contributed by atoms with van der Waals surface area (Å²) in [4.78, 5) is 13.5. The van der Waals surface area contributed by atoms with Crippen LogP contribution in [0.25, 0.3) is 0 Å². The smallest absolute Gasteiger partial charge is 0.217 e. The average Bonchev–Trinajstić information content (AvgIpc) is 2.62. The van der Waals surface area contributed by atoms with Gasteiger partial charge in [0.05, 0.1) is 0 Å². The molecular formula is C20H24N2O2. The summed E-state index contributed by atoms with van der Waals surface area (Å²) in [5, 5.41) is 3.01. The fourth-order valence-corrected chi connectivity index (χ4v) is 3.06. The number of ether oxygens (including phenoxy) is 1. The second-order valence-corrected chi connectivity index (χ2v) is 6.23. The van der Waals surface area contributed by atoms with Gasteiger partial charge in [-0.1, -0.05) is 30.3 Å². The van der Waals surface area contributed by atoms with E-state index < -0.39 is 0 Å². The maximum Gasteiger partial charge on any atom is 0.217 e. The van der Waals surface area contributed by atoms with E-state index in [1.807, 2.05) is 30.3 Å². The molecule has 0 aliphatic carbocycles. The Hall–Kier alpha value is -2.49. The number of hydrogen-bond acceptors (Lipinski definition) is 3. The van der Waals surface area contributed by atoms with Crippen LogP contribution in [-0.4, -0.2) is 25.0 Å². The van der Waals surface area contributed by atoms with E-state index in [1.54, 1.807) is 6.92 Å². The molecule has 2 aromatic carbocycles. The highest BCUT2D eigenvalue weighted by molar-refractivity contribution is 5.73. The molecule has 3 rings (SSSR count). The van der Waals surface area contributed by atoms with Crippen LogP contribution in [0.4, 0.5) is 5.69 Å². The molecule has 0 atom stereocenters. The molecule has 0 radical (unpaired) electrons. The number of hydrogen-bond donors (Lipinski definition) is 1. The van der Waals surface area contributed by atoms with E-state index in [-0.39, 0.29) is 5.91 Å². The Balaban J connectivity index is 1.51. The molecule has 126 valence electrons. The zero-order valence-electron chi connectivity index (χ0n) is 14.1. The molecule has 0 spiro atoms. The standard InChI is InChI=1S/C20H24N2O2/c1-16(23)21-18-11-13-22(14-12-18)19-7-9-20(10-8-19)24-15-17-5-3-2-4-6-17/h2-10,18H,11-15H2,1H3,(H,21,23). The molecule has 1 saturated heterocycles. The van der Waals surface area contributed by atoms with Crippen molar-refractivity contribution in [3.63, 3.8) is 0 Å². The number of anilines is 1. The van der Waals surface area contributed by atoms with Crippen LogP contribution < -0.4 is 15.0 Å². The maximum atomic E-state index is 11.1. The van der Waals surface area contributed by atoms with Crippen LogP contribution in [0, 0.1) is 0 Å². The lowest BCUT2D eigenvalue weighted by Gasteiger charge is -2.33. The van der Waals surface area contributed by atoms with Gasteiger partial charge < -0.3 is 15.0 Å². The lowest BCUT2D eigenvalue weighted by Crippen LogP contribution is -2.44. The minimum Gasteiger partial charge on any atom is -0.489 e. The van der Waals surface area contributed by atoms with Gasteiger partial charge in [0.25, 0.3) is 0 Å². The molecule has 0 aromatic heterocycles. The van der Waals surface area contributed by atoms with Crippen LogP contribution in [0.15, 0.2) is 54.6 Å².